The summed E-state index contributed by atoms with van der Waals surface area (Å²) in [5.74, 6) is -1.90. The van der Waals surface area contributed by atoms with Crippen molar-refractivity contribution in [1.29, 1.82) is 5.26 Å². The van der Waals surface area contributed by atoms with Crippen LogP contribution in [0.3, 0.4) is 0 Å². The monoisotopic (exact) mass is 255 g/mol. The summed E-state index contributed by atoms with van der Waals surface area (Å²) in [5, 5.41) is 8.44. The van der Waals surface area contributed by atoms with E-state index in [1.165, 1.54) is 31.2 Å². The molecule has 0 atom stereocenters. The van der Waals surface area contributed by atoms with Gasteiger partial charge in [0.15, 0.2) is 0 Å². The van der Waals surface area contributed by atoms with E-state index in [9.17, 15) is 13.6 Å². The number of rotatable bonds is 5. The quantitative estimate of drug-likeness (QED) is 0.757. The Hall–Kier alpha value is -2.16. The van der Waals surface area contributed by atoms with E-state index in [4.69, 9.17) is 5.26 Å². The molecule has 1 rings (SSSR count). The van der Waals surface area contributed by atoms with E-state index in [0.717, 1.165) is 0 Å². The molecule has 0 bridgehead atoms. The van der Waals surface area contributed by atoms with Crippen molar-refractivity contribution < 1.29 is 23.0 Å². The molecule has 0 aliphatic rings. The third-order valence-electron chi connectivity index (χ3n) is 1.97. The number of nitrogens with zero attached hydrogens (tertiary/aromatic N) is 1. The fourth-order valence-electron chi connectivity index (χ4n) is 1.17. The molecule has 0 unspecified atom stereocenters. The van der Waals surface area contributed by atoms with Crippen LogP contribution in [-0.4, -0.2) is 18.7 Å². The summed E-state index contributed by atoms with van der Waals surface area (Å²) in [6.07, 6.45) is -3.85. The van der Waals surface area contributed by atoms with Crippen LogP contribution in [0.15, 0.2) is 24.3 Å². The summed E-state index contributed by atoms with van der Waals surface area (Å²) in [7, 11) is 0. The first kappa shape index (κ1) is 13.9. The molecule has 0 radical (unpaired) electrons. The van der Waals surface area contributed by atoms with Gasteiger partial charge in [-0.1, -0.05) is 12.1 Å². The van der Waals surface area contributed by atoms with Crippen molar-refractivity contribution in [2.24, 2.45) is 0 Å². The highest BCUT2D eigenvalue weighted by Gasteiger charge is 2.44. The molecule has 0 N–H and O–H groups in total. The summed E-state index contributed by atoms with van der Waals surface area (Å²) >= 11 is 0. The van der Waals surface area contributed by atoms with Gasteiger partial charge in [0.2, 0.25) is 0 Å². The Kier molecular flexibility index (Phi) is 4.60. The Morgan fingerprint density at radius 1 is 1.39 bits per heavy atom. The van der Waals surface area contributed by atoms with Crippen LogP contribution < -0.4 is 4.74 Å². The first-order chi connectivity index (χ1) is 8.49. The van der Waals surface area contributed by atoms with Gasteiger partial charge in [-0.05, 0) is 24.6 Å². The molecule has 0 heterocycles. The fourth-order valence-corrected chi connectivity index (χ4v) is 1.17. The zero-order valence-corrected chi connectivity index (χ0v) is 9.65. The van der Waals surface area contributed by atoms with Crippen LogP contribution in [0.4, 0.5) is 8.78 Å². The van der Waals surface area contributed by atoms with Crippen molar-refractivity contribution in [3.8, 4) is 11.8 Å². The average molecular weight is 255 g/mol. The largest absolute Gasteiger partial charge is 0.502 e. The number of carbonyl (C=O) groups excluding carboxylic acids is 1. The number of benzene rings is 1. The zero-order valence-electron chi connectivity index (χ0n) is 9.65. The maximum atomic E-state index is 13.2. The molecule has 96 valence electrons. The molecule has 0 spiro atoms. The number of esters is 1. The number of hydrogen-bond acceptors (Lipinski definition) is 4. The maximum absolute atomic E-state index is 13.2. The molecule has 18 heavy (non-hydrogen) atoms. The van der Waals surface area contributed by atoms with Crippen LogP contribution in [0.5, 0.6) is 5.75 Å². The predicted octanol–water partition coefficient (Wildman–Crippen LogP) is 2.29. The van der Waals surface area contributed by atoms with Crippen LogP contribution in [0.25, 0.3) is 0 Å². The number of carbonyl (C=O) groups is 1. The Balaban J connectivity index is 2.72. The average Bonchev–Trinajstić information content (AvgIpc) is 2.32. The smallest absolute Gasteiger partial charge is 0.459 e. The van der Waals surface area contributed by atoms with Crippen LogP contribution in [0.1, 0.15) is 12.5 Å². The van der Waals surface area contributed by atoms with Crippen molar-refractivity contribution in [2.45, 2.75) is 19.5 Å². The van der Waals surface area contributed by atoms with Gasteiger partial charge in [0.25, 0.3) is 0 Å². The van der Waals surface area contributed by atoms with E-state index in [-0.39, 0.29) is 18.8 Å². The summed E-state index contributed by atoms with van der Waals surface area (Å²) in [6, 6.07) is 7.40. The Bertz CT molecular complexity index is 451. The number of nitriles is 1. The Labute approximate surface area is 103 Å². The van der Waals surface area contributed by atoms with Crippen LogP contribution >= 0.6 is 0 Å². The molecule has 0 aliphatic carbocycles. The maximum Gasteiger partial charge on any atom is 0.502 e. The van der Waals surface area contributed by atoms with Crippen molar-refractivity contribution in [2.75, 3.05) is 6.61 Å². The highest BCUT2D eigenvalue weighted by molar-refractivity contribution is 5.76. The topological polar surface area (TPSA) is 59.3 Å². The summed E-state index contributed by atoms with van der Waals surface area (Å²) < 4.78 is 34.8. The first-order valence-electron chi connectivity index (χ1n) is 5.19. The number of alkyl halides is 2. The third-order valence-corrected chi connectivity index (χ3v) is 1.97. The molecule has 0 fully saturated rings. The lowest BCUT2D eigenvalue weighted by Gasteiger charge is -2.15. The molecule has 1 aromatic rings. The van der Waals surface area contributed by atoms with Gasteiger partial charge in [-0.2, -0.15) is 14.0 Å². The van der Waals surface area contributed by atoms with Gasteiger partial charge in [-0.25, -0.2) is 4.79 Å². The van der Waals surface area contributed by atoms with E-state index >= 15 is 0 Å². The van der Waals surface area contributed by atoms with Crippen molar-refractivity contribution in [1.82, 2.24) is 0 Å². The SMILES string of the molecule is CCOC(=O)C(F)(F)Oc1ccc(CC#N)cc1. The van der Waals surface area contributed by atoms with Gasteiger partial charge in [0.1, 0.15) is 5.75 Å². The summed E-state index contributed by atoms with van der Waals surface area (Å²) in [4.78, 5) is 10.9. The van der Waals surface area contributed by atoms with Gasteiger partial charge < -0.3 is 9.47 Å². The summed E-state index contributed by atoms with van der Waals surface area (Å²) in [6.45, 7) is 1.27. The second-order valence-corrected chi connectivity index (χ2v) is 3.32. The normalized spacial score (nSPS) is 10.6. The highest BCUT2D eigenvalue weighted by Crippen LogP contribution is 2.23. The lowest BCUT2D eigenvalue weighted by Crippen LogP contribution is -2.36. The second-order valence-electron chi connectivity index (χ2n) is 3.32. The minimum absolute atomic E-state index is 0.154. The lowest BCUT2D eigenvalue weighted by molar-refractivity contribution is -0.216. The van der Waals surface area contributed by atoms with Crippen LogP contribution in [0, 0.1) is 11.3 Å². The van der Waals surface area contributed by atoms with E-state index in [2.05, 4.69) is 9.47 Å². The number of hydrogen-bond donors (Lipinski definition) is 0. The van der Waals surface area contributed by atoms with Gasteiger partial charge in [0.05, 0.1) is 19.1 Å². The van der Waals surface area contributed by atoms with Crippen molar-refractivity contribution in [3.05, 3.63) is 29.8 Å². The molecule has 0 aromatic heterocycles. The standard InChI is InChI=1S/C12H11F2NO3/c1-2-17-11(16)12(13,14)18-10-5-3-9(4-6-10)7-8-15/h3-6H,2,7H2,1H3. The van der Waals surface area contributed by atoms with Crippen molar-refractivity contribution >= 4 is 5.97 Å². The van der Waals surface area contributed by atoms with Crippen molar-refractivity contribution in [3.63, 3.8) is 0 Å². The van der Waals surface area contributed by atoms with Gasteiger partial charge in [-0.15, -0.1) is 0 Å². The Morgan fingerprint density at radius 3 is 2.50 bits per heavy atom. The minimum atomic E-state index is -4.02. The summed E-state index contributed by atoms with van der Waals surface area (Å²) in [5.41, 5.74) is 0.671. The van der Waals surface area contributed by atoms with E-state index in [1.54, 1.807) is 0 Å². The molecule has 6 heteroatoms. The van der Waals surface area contributed by atoms with Crippen LogP contribution in [-0.2, 0) is 16.0 Å². The molecule has 0 amide bonds. The predicted molar refractivity (Wildman–Crippen MR) is 58.0 cm³/mol. The Morgan fingerprint density at radius 2 is 2.00 bits per heavy atom. The number of halogens is 2. The van der Waals surface area contributed by atoms with Crippen LogP contribution in [0.2, 0.25) is 0 Å². The first-order valence-corrected chi connectivity index (χ1v) is 5.19. The molecular formula is C12H11F2NO3. The van der Waals surface area contributed by atoms with Gasteiger partial charge in [0, 0.05) is 0 Å². The second kappa shape index (κ2) is 5.96. The molecule has 4 nitrogen and oxygen atoms in total. The zero-order chi connectivity index (χ0) is 13.6. The fraction of sp³-hybridized carbons (Fsp3) is 0.333. The minimum Gasteiger partial charge on any atom is -0.459 e. The third kappa shape index (κ3) is 3.70. The van der Waals surface area contributed by atoms with E-state index < -0.39 is 12.1 Å². The van der Waals surface area contributed by atoms with Gasteiger partial charge >= 0.3 is 12.1 Å². The number of ether oxygens (including phenoxy) is 2. The molecule has 0 aliphatic heterocycles. The highest BCUT2D eigenvalue weighted by atomic mass is 19.3. The molecule has 0 saturated carbocycles. The molecule has 0 saturated heterocycles. The van der Waals surface area contributed by atoms with E-state index in [1.807, 2.05) is 6.07 Å². The lowest BCUT2D eigenvalue weighted by atomic mass is 10.2. The molecular weight excluding hydrogens is 244 g/mol. The van der Waals surface area contributed by atoms with Gasteiger partial charge in [-0.3, -0.25) is 0 Å². The van der Waals surface area contributed by atoms with E-state index in [0.29, 0.717) is 5.56 Å². The molecule has 1 aromatic carbocycles.